The molecule has 0 spiro atoms. The topological polar surface area (TPSA) is 46.2 Å². The van der Waals surface area contributed by atoms with Crippen molar-refractivity contribution in [3.05, 3.63) is 35.9 Å². The third kappa shape index (κ3) is 3.83. The van der Waals surface area contributed by atoms with E-state index in [0.29, 0.717) is 12.8 Å². The van der Waals surface area contributed by atoms with Gasteiger partial charge in [0.1, 0.15) is 0 Å². The highest BCUT2D eigenvalue weighted by Crippen LogP contribution is 2.28. The van der Waals surface area contributed by atoms with Gasteiger partial charge >= 0.3 is 0 Å². The van der Waals surface area contributed by atoms with Gasteiger partial charge < -0.3 is 5.32 Å². The fourth-order valence-electron chi connectivity index (χ4n) is 2.53. The van der Waals surface area contributed by atoms with E-state index in [2.05, 4.69) is 5.32 Å². The first-order valence-electron chi connectivity index (χ1n) is 7.49. The minimum absolute atomic E-state index is 0.134. The van der Waals surface area contributed by atoms with Gasteiger partial charge in [-0.05, 0) is 31.9 Å². The molecule has 3 unspecified atom stereocenters. The summed E-state index contributed by atoms with van der Waals surface area (Å²) in [5, 5.41) is 2.69. The molecule has 20 heavy (non-hydrogen) atoms. The van der Waals surface area contributed by atoms with Crippen LogP contribution in [0.2, 0.25) is 0 Å². The average Bonchev–Trinajstić information content (AvgIpc) is 2.46. The normalized spacial score (nSPS) is 16.6. The molecule has 3 atom stereocenters. The van der Waals surface area contributed by atoms with Gasteiger partial charge in [-0.25, -0.2) is 8.42 Å². The van der Waals surface area contributed by atoms with Gasteiger partial charge in [0.2, 0.25) is 0 Å². The number of hydrogen-bond donors (Lipinski definition) is 1. The Bertz CT molecular complexity index is 484. The molecule has 0 fully saturated rings. The first-order valence-corrected chi connectivity index (χ1v) is 9.10. The molecule has 3 nitrogen and oxygen atoms in total. The Morgan fingerprint density at radius 1 is 1.05 bits per heavy atom. The van der Waals surface area contributed by atoms with Gasteiger partial charge in [-0.15, -0.1) is 0 Å². The van der Waals surface area contributed by atoms with E-state index in [4.69, 9.17) is 0 Å². The van der Waals surface area contributed by atoms with Crippen LogP contribution in [-0.2, 0) is 9.84 Å². The summed E-state index contributed by atoms with van der Waals surface area (Å²) in [6, 6.07) is 9.75. The van der Waals surface area contributed by atoms with Gasteiger partial charge in [0, 0.05) is 6.04 Å². The van der Waals surface area contributed by atoms with Crippen molar-refractivity contribution in [2.75, 3.05) is 6.54 Å². The quantitative estimate of drug-likeness (QED) is 0.800. The average molecular weight is 297 g/mol. The fourth-order valence-corrected chi connectivity index (χ4v) is 4.69. The second-order valence-electron chi connectivity index (χ2n) is 5.20. The van der Waals surface area contributed by atoms with E-state index in [1.807, 2.05) is 58.0 Å². The zero-order chi connectivity index (χ0) is 15.2. The molecule has 0 bridgehead atoms. The smallest absolute Gasteiger partial charge is 0.157 e. The van der Waals surface area contributed by atoms with E-state index in [-0.39, 0.29) is 16.5 Å². The van der Waals surface area contributed by atoms with Gasteiger partial charge in [-0.3, -0.25) is 0 Å². The molecular weight excluding hydrogens is 270 g/mol. The minimum Gasteiger partial charge on any atom is -0.309 e. The van der Waals surface area contributed by atoms with Crippen LogP contribution in [0.25, 0.3) is 0 Å². The van der Waals surface area contributed by atoms with Crippen molar-refractivity contribution in [3.63, 3.8) is 0 Å². The van der Waals surface area contributed by atoms with Crippen LogP contribution in [0.15, 0.2) is 30.3 Å². The predicted octanol–water partition coefficient (Wildman–Crippen LogP) is 3.33. The summed E-state index contributed by atoms with van der Waals surface area (Å²) >= 11 is 0. The number of nitrogens with one attached hydrogen (secondary N) is 1. The molecule has 1 aromatic carbocycles. The molecule has 0 saturated heterocycles. The molecule has 1 aromatic rings. The number of rotatable bonds is 8. The number of benzene rings is 1. The van der Waals surface area contributed by atoms with Crippen molar-refractivity contribution in [2.24, 2.45) is 0 Å². The first-order chi connectivity index (χ1) is 9.48. The summed E-state index contributed by atoms with van der Waals surface area (Å²) in [6.45, 7) is 8.47. The van der Waals surface area contributed by atoms with Crippen LogP contribution in [-0.4, -0.2) is 25.5 Å². The summed E-state index contributed by atoms with van der Waals surface area (Å²) < 4.78 is 25.5. The standard InChI is InChI=1S/C16H27NO2S/c1-5-13(4)20(18,19)15(6-2)16(17-7-3)14-11-9-8-10-12-14/h8-13,15-17H,5-7H2,1-4H3. The van der Waals surface area contributed by atoms with E-state index in [0.717, 1.165) is 12.1 Å². The Balaban J connectivity index is 3.17. The van der Waals surface area contributed by atoms with Crippen molar-refractivity contribution in [1.82, 2.24) is 5.32 Å². The third-order valence-electron chi connectivity index (χ3n) is 3.91. The first kappa shape index (κ1) is 17.2. The fraction of sp³-hybridized carbons (Fsp3) is 0.625. The van der Waals surface area contributed by atoms with Crippen LogP contribution in [0.4, 0.5) is 0 Å². The Morgan fingerprint density at radius 2 is 1.65 bits per heavy atom. The number of sulfone groups is 1. The van der Waals surface area contributed by atoms with Crippen molar-refractivity contribution in [3.8, 4) is 0 Å². The van der Waals surface area contributed by atoms with Gasteiger partial charge in [-0.2, -0.15) is 0 Å². The van der Waals surface area contributed by atoms with Crippen LogP contribution in [0, 0.1) is 0 Å². The highest BCUT2D eigenvalue weighted by Gasteiger charge is 2.35. The third-order valence-corrected chi connectivity index (χ3v) is 6.82. The second-order valence-corrected chi connectivity index (χ2v) is 7.79. The molecule has 1 rings (SSSR count). The lowest BCUT2D eigenvalue weighted by molar-refractivity contribution is 0.481. The lowest BCUT2D eigenvalue weighted by Crippen LogP contribution is -2.40. The summed E-state index contributed by atoms with van der Waals surface area (Å²) in [5.41, 5.74) is 1.05. The molecule has 0 radical (unpaired) electrons. The minimum atomic E-state index is -3.13. The van der Waals surface area contributed by atoms with E-state index in [1.54, 1.807) is 0 Å². The lowest BCUT2D eigenvalue weighted by Gasteiger charge is -2.29. The van der Waals surface area contributed by atoms with Crippen LogP contribution < -0.4 is 5.32 Å². The van der Waals surface area contributed by atoms with E-state index < -0.39 is 9.84 Å². The van der Waals surface area contributed by atoms with Crippen molar-refractivity contribution in [1.29, 1.82) is 0 Å². The molecular formula is C16H27NO2S. The van der Waals surface area contributed by atoms with Crippen molar-refractivity contribution >= 4 is 9.84 Å². The Labute approximate surface area is 123 Å². The monoisotopic (exact) mass is 297 g/mol. The molecule has 0 amide bonds. The van der Waals surface area contributed by atoms with Crippen LogP contribution in [0.5, 0.6) is 0 Å². The second kappa shape index (κ2) is 7.79. The SMILES string of the molecule is CCNC(c1ccccc1)C(CC)S(=O)(=O)C(C)CC. The highest BCUT2D eigenvalue weighted by molar-refractivity contribution is 7.92. The highest BCUT2D eigenvalue weighted by atomic mass is 32.2. The Kier molecular flexibility index (Phi) is 6.69. The van der Waals surface area contributed by atoms with Gasteiger partial charge in [0.15, 0.2) is 9.84 Å². The zero-order valence-electron chi connectivity index (χ0n) is 13.0. The molecule has 0 aliphatic rings. The summed E-state index contributed by atoms with van der Waals surface area (Å²) in [7, 11) is -3.13. The number of hydrogen-bond acceptors (Lipinski definition) is 3. The van der Waals surface area contributed by atoms with Crippen molar-refractivity contribution in [2.45, 2.75) is 57.1 Å². The molecule has 0 heterocycles. The predicted molar refractivity (Wildman–Crippen MR) is 85.6 cm³/mol. The van der Waals surface area contributed by atoms with Gasteiger partial charge in [-0.1, -0.05) is 51.1 Å². The summed E-state index contributed by atoms with van der Waals surface area (Å²) in [6.07, 6.45) is 1.28. The van der Waals surface area contributed by atoms with Gasteiger partial charge in [0.25, 0.3) is 0 Å². The molecule has 0 saturated carbocycles. The molecule has 114 valence electrons. The summed E-state index contributed by atoms with van der Waals surface area (Å²) in [5.74, 6) is 0. The van der Waals surface area contributed by atoms with Crippen LogP contribution >= 0.6 is 0 Å². The molecule has 0 aliphatic heterocycles. The largest absolute Gasteiger partial charge is 0.309 e. The van der Waals surface area contributed by atoms with Gasteiger partial charge in [0.05, 0.1) is 10.5 Å². The zero-order valence-corrected chi connectivity index (χ0v) is 13.8. The lowest BCUT2D eigenvalue weighted by atomic mass is 10.0. The molecule has 4 heteroatoms. The molecule has 0 aromatic heterocycles. The van der Waals surface area contributed by atoms with E-state index >= 15 is 0 Å². The maximum atomic E-state index is 12.7. The molecule has 0 aliphatic carbocycles. The maximum absolute atomic E-state index is 12.7. The van der Waals surface area contributed by atoms with E-state index in [9.17, 15) is 8.42 Å². The van der Waals surface area contributed by atoms with Crippen LogP contribution in [0.3, 0.4) is 0 Å². The maximum Gasteiger partial charge on any atom is 0.157 e. The Hall–Kier alpha value is -0.870. The molecule has 1 N–H and O–H groups in total. The van der Waals surface area contributed by atoms with Crippen molar-refractivity contribution < 1.29 is 8.42 Å². The summed E-state index contributed by atoms with van der Waals surface area (Å²) in [4.78, 5) is 0. The van der Waals surface area contributed by atoms with Crippen LogP contribution in [0.1, 0.15) is 52.1 Å². The Morgan fingerprint density at radius 3 is 2.10 bits per heavy atom. The van der Waals surface area contributed by atoms with E-state index in [1.165, 1.54) is 0 Å².